The molecular weight excluding hydrogens is 316 g/mol. The molecule has 1 heterocycles. The first-order valence-corrected chi connectivity index (χ1v) is 7.32. The summed E-state index contributed by atoms with van der Waals surface area (Å²) in [5.74, 6) is 0. The summed E-state index contributed by atoms with van der Waals surface area (Å²) >= 11 is 1.44. The predicted octanol–water partition coefficient (Wildman–Crippen LogP) is 4.34. The van der Waals surface area contributed by atoms with Crippen molar-refractivity contribution < 1.29 is 4.92 Å². The maximum absolute atomic E-state index is 10.5. The Hall–Kier alpha value is -3.20. The molecular formula is C14H10N6O2S. The Labute approximate surface area is 134 Å². The number of azo groups is 1. The number of rotatable bonds is 5. The van der Waals surface area contributed by atoms with E-state index in [-0.39, 0.29) is 5.69 Å². The third-order valence-electron chi connectivity index (χ3n) is 2.81. The van der Waals surface area contributed by atoms with Gasteiger partial charge in [-0.2, -0.15) is 5.10 Å². The molecule has 0 atom stereocenters. The molecule has 8 nitrogen and oxygen atoms in total. The minimum Gasteiger partial charge on any atom is -0.277 e. The van der Waals surface area contributed by atoms with Crippen LogP contribution in [0.3, 0.4) is 0 Å². The molecule has 3 rings (SSSR count). The highest BCUT2D eigenvalue weighted by molar-refractivity contribution is 7.21. The number of benzene rings is 2. The van der Waals surface area contributed by atoms with Gasteiger partial charge in [-0.3, -0.25) is 15.5 Å². The number of hydrogen-bond donors (Lipinski definition) is 1. The van der Waals surface area contributed by atoms with Crippen molar-refractivity contribution in [2.45, 2.75) is 0 Å². The molecule has 0 saturated carbocycles. The van der Waals surface area contributed by atoms with Crippen LogP contribution in [-0.2, 0) is 0 Å². The van der Waals surface area contributed by atoms with Crippen molar-refractivity contribution in [3.05, 3.63) is 58.6 Å². The molecule has 0 aliphatic rings. The van der Waals surface area contributed by atoms with E-state index in [1.54, 1.807) is 12.1 Å². The Morgan fingerprint density at radius 1 is 1.17 bits per heavy atom. The van der Waals surface area contributed by atoms with Gasteiger partial charge in [0.1, 0.15) is 0 Å². The number of para-hydroxylation sites is 1. The van der Waals surface area contributed by atoms with Gasteiger partial charge in [0.2, 0.25) is 5.13 Å². The van der Waals surface area contributed by atoms with Crippen LogP contribution >= 0.6 is 11.3 Å². The van der Waals surface area contributed by atoms with Crippen LogP contribution < -0.4 is 5.43 Å². The molecule has 23 heavy (non-hydrogen) atoms. The minimum atomic E-state index is -0.459. The van der Waals surface area contributed by atoms with Gasteiger partial charge >= 0.3 is 0 Å². The van der Waals surface area contributed by atoms with Crippen LogP contribution in [-0.4, -0.2) is 16.2 Å². The van der Waals surface area contributed by atoms with E-state index in [0.717, 1.165) is 10.2 Å². The molecule has 114 valence electrons. The highest BCUT2D eigenvalue weighted by atomic mass is 32.1. The molecule has 0 aliphatic carbocycles. The lowest BCUT2D eigenvalue weighted by Gasteiger charge is -1.97. The van der Waals surface area contributed by atoms with Crippen LogP contribution in [0, 0.1) is 10.1 Å². The summed E-state index contributed by atoms with van der Waals surface area (Å²) in [6.45, 7) is 0. The second-order valence-corrected chi connectivity index (χ2v) is 5.35. The van der Waals surface area contributed by atoms with Crippen molar-refractivity contribution in [3.63, 3.8) is 0 Å². The van der Waals surface area contributed by atoms with Crippen LogP contribution in [0.25, 0.3) is 10.2 Å². The van der Waals surface area contributed by atoms with E-state index in [2.05, 4.69) is 25.7 Å². The zero-order valence-corrected chi connectivity index (χ0v) is 12.5. The molecule has 0 aliphatic heterocycles. The quantitative estimate of drug-likeness (QED) is 0.247. The summed E-state index contributed by atoms with van der Waals surface area (Å²) in [4.78, 5) is 14.4. The molecule has 2 aromatic carbocycles. The number of nitro benzene ring substituents is 1. The van der Waals surface area contributed by atoms with Crippen molar-refractivity contribution in [3.8, 4) is 0 Å². The number of nitrogens with one attached hydrogen (secondary N) is 1. The van der Waals surface area contributed by atoms with Crippen molar-refractivity contribution in [2.24, 2.45) is 15.3 Å². The van der Waals surface area contributed by atoms with Gasteiger partial charge in [0, 0.05) is 12.1 Å². The third-order valence-corrected chi connectivity index (χ3v) is 3.73. The Bertz CT molecular complexity index is 855. The average Bonchev–Trinajstić information content (AvgIpc) is 2.97. The Morgan fingerprint density at radius 2 is 1.96 bits per heavy atom. The summed E-state index contributed by atoms with van der Waals surface area (Å²) in [6, 6.07) is 13.6. The van der Waals surface area contributed by atoms with Crippen LogP contribution in [0.4, 0.5) is 16.5 Å². The lowest BCUT2D eigenvalue weighted by atomic mass is 10.3. The Kier molecular flexibility index (Phi) is 4.29. The normalized spacial score (nSPS) is 11.5. The number of non-ortho nitro benzene ring substituents is 1. The molecule has 0 unspecified atom stereocenters. The fraction of sp³-hybridized carbons (Fsp3) is 0. The summed E-state index contributed by atoms with van der Waals surface area (Å²) in [6.07, 6.45) is 1.24. The minimum absolute atomic E-state index is 0.0232. The zero-order chi connectivity index (χ0) is 16.1. The summed E-state index contributed by atoms with van der Waals surface area (Å²) < 4.78 is 1.04. The van der Waals surface area contributed by atoms with Crippen LogP contribution in [0.2, 0.25) is 0 Å². The van der Waals surface area contributed by atoms with Crippen molar-refractivity contribution in [1.82, 2.24) is 4.98 Å². The topological polar surface area (TPSA) is 105 Å². The lowest BCUT2D eigenvalue weighted by molar-refractivity contribution is -0.384. The second-order valence-electron chi connectivity index (χ2n) is 4.34. The molecule has 9 heteroatoms. The number of nitro groups is 1. The molecule has 0 fully saturated rings. The first-order chi connectivity index (χ1) is 11.2. The first kappa shape index (κ1) is 14.7. The average molecular weight is 326 g/mol. The highest BCUT2D eigenvalue weighted by Gasteiger charge is 2.03. The Balaban J connectivity index is 1.58. The van der Waals surface area contributed by atoms with E-state index in [9.17, 15) is 10.1 Å². The number of nitrogens with zero attached hydrogens (tertiary/aromatic N) is 5. The zero-order valence-electron chi connectivity index (χ0n) is 11.7. The number of hydrazone groups is 1. The van der Waals surface area contributed by atoms with Gasteiger partial charge in [0.15, 0.2) is 6.34 Å². The third kappa shape index (κ3) is 3.71. The number of hydrogen-bond acceptors (Lipinski definition) is 7. The predicted molar refractivity (Wildman–Crippen MR) is 89.3 cm³/mol. The second kappa shape index (κ2) is 6.71. The van der Waals surface area contributed by atoms with Crippen molar-refractivity contribution in [1.29, 1.82) is 0 Å². The number of aromatic nitrogens is 1. The van der Waals surface area contributed by atoms with E-state index < -0.39 is 4.92 Å². The fourth-order valence-electron chi connectivity index (χ4n) is 1.76. The SMILES string of the molecule is O=[N+]([O-])c1ccc(NN=CN=Nc2nc3ccccc3s2)cc1. The van der Waals surface area contributed by atoms with Gasteiger partial charge < -0.3 is 0 Å². The van der Waals surface area contributed by atoms with E-state index in [4.69, 9.17) is 0 Å². The number of anilines is 1. The van der Waals surface area contributed by atoms with E-state index in [1.807, 2.05) is 24.3 Å². The first-order valence-electron chi connectivity index (χ1n) is 6.51. The van der Waals surface area contributed by atoms with Crippen LogP contribution in [0.15, 0.2) is 63.9 Å². The lowest BCUT2D eigenvalue weighted by Crippen LogP contribution is -1.90. The monoisotopic (exact) mass is 326 g/mol. The molecule has 3 aromatic rings. The molecule has 1 aromatic heterocycles. The molecule has 0 saturated heterocycles. The Morgan fingerprint density at radius 3 is 2.70 bits per heavy atom. The number of thiazole rings is 1. The highest BCUT2D eigenvalue weighted by Crippen LogP contribution is 2.27. The van der Waals surface area contributed by atoms with Crippen molar-refractivity contribution in [2.75, 3.05) is 5.43 Å². The van der Waals surface area contributed by atoms with Crippen molar-refractivity contribution >= 4 is 44.4 Å². The van der Waals surface area contributed by atoms with E-state index >= 15 is 0 Å². The standard InChI is InChI=1S/C14H10N6O2S/c21-20(22)11-7-5-10(6-8-11)18-15-9-16-19-14-17-12-3-1-2-4-13(12)23-14/h1-9,18H. The van der Waals surface area contributed by atoms with Crippen LogP contribution in [0.5, 0.6) is 0 Å². The van der Waals surface area contributed by atoms with Gasteiger partial charge in [0.05, 0.1) is 20.8 Å². The van der Waals surface area contributed by atoms with Gasteiger partial charge in [-0.15, -0.1) is 10.2 Å². The molecule has 1 N–H and O–H groups in total. The summed E-state index contributed by atoms with van der Waals surface area (Å²) in [7, 11) is 0. The molecule has 0 radical (unpaired) electrons. The summed E-state index contributed by atoms with van der Waals surface area (Å²) in [5, 5.41) is 22.7. The maximum Gasteiger partial charge on any atom is 0.269 e. The van der Waals surface area contributed by atoms with Crippen LogP contribution in [0.1, 0.15) is 0 Å². The van der Waals surface area contributed by atoms with Gasteiger partial charge in [-0.05, 0) is 24.3 Å². The van der Waals surface area contributed by atoms with Gasteiger partial charge in [-0.25, -0.2) is 4.98 Å². The van der Waals surface area contributed by atoms with Gasteiger partial charge in [-0.1, -0.05) is 23.5 Å². The molecule has 0 bridgehead atoms. The molecule has 0 amide bonds. The number of fused-ring (bicyclic) bond motifs is 1. The maximum atomic E-state index is 10.5. The fourth-order valence-corrected chi connectivity index (χ4v) is 2.56. The van der Waals surface area contributed by atoms with E-state index in [0.29, 0.717) is 10.8 Å². The van der Waals surface area contributed by atoms with E-state index in [1.165, 1.54) is 29.8 Å². The summed E-state index contributed by atoms with van der Waals surface area (Å²) in [5.41, 5.74) is 4.22. The smallest absolute Gasteiger partial charge is 0.269 e. The van der Waals surface area contributed by atoms with Gasteiger partial charge in [0.25, 0.3) is 5.69 Å². The largest absolute Gasteiger partial charge is 0.277 e. The molecule has 0 spiro atoms.